The van der Waals surface area contributed by atoms with Gasteiger partial charge >= 0.3 is 0 Å². The number of hydrogen-bond acceptors (Lipinski definition) is 3. The number of benzene rings is 1. The highest BCUT2D eigenvalue weighted by molar-refractivity contribution is 6.34. The van der Waals surface area contributed by atoms with Gasteiger partial charge in [-0.3, -0.25) is 4.90 Å². The van der Waals surface area contributed by atoms with Crippen LogP contribution in [0.3, 0.4) is 0 Å². The smallest absolute Gasteiger partial charge is 0.138 e. The summed E-state index contributed by atoms with van der Waals surface area (Å²) in [5, 5.41) is 1.30. The first-order valence-electron chi connectivity index (χ1n) is 6.00. The van der Waals surface area contributed by atoms with Gasteiger partial charge in [0.05, 0.1) is 12.1 Å². The molecule has 0 saturated carbocycles. The van der Waals surface area contributed by atoms with E-state index in [0.717, 1.165) is 18.5 Å². The molecule has 1 aromatic carbocycles. The Balaban J connectivity index is 2.31. The molecule has 1 fully saturated rings. The van der Waals surface area contributed by atoms with Crippen LogP contribution in [0.25, 0.3) is 0 Å². The van der Waals surface area contributed by atoms with E-state index in [1.165, 1.54) is 0 Å². The zero-order chi connectivity index (χ0) is 13.3. The number of hydrogen-bond donors (Lipinski definition) is 1. The molecule has 2 N–H and O–H groups in total. The van der Waals surface area contributed by atoms with Gasteiger partial charge in [-0.15, -0.1) is 0 Å². The summed E-state index contributed by atoms with van der Waals surface area (Å²) in [5.41, 5.74) is 6.80. The molecule has 1 saturated heterocycles. The van der Waals surface area contributed by atoms with E-state index in [2.05, 4.69) is 11.9 Å². The third-order valence-corrected chi connectivity index (χ3v) is 4.22. The molecule has 0 amide bonds. The largest absolute Gasteiger partial charge is 0.495 e. The predicted molar refractivity (Wildman–Crippen MR) is 75.5 cm³/mol. The van der Waals surface area contributed by atoms with Gasteiger partial charge in [-0.05, 0) is 37.6 Å². The number of methoxy groups -OCH3 is 1. The van der Waals surface area contributed by atoms with E-state index in [4.69, 9.17) is 33.7 Å². The van der Waals surface area contributed by atoms with Crippen molar-refractivity contribution in [1.29, 1.82) is 0 Å². The van der Waals surface area contributed by atoms with Gasteiger partial charge in [-0.2, -0.15) is 0 Å². The van der Waals surface area contributed by atoms with E-state index in [0.29, 0.717) is 28.3 Å². The maximum Gasteiger partial charge on any atom is 0.138 e. The van der Waals surface area contributed by atoms with Crippen molar-refractivity contribution in [3.8, 4) is 5.75 Å². The highest BCUT2D eigenvalue weighted by atomic mass is 35.5. The summed E-state index contributed by atoms with van der Waals surface area (Å²) in [7, 11) is 3.68. The fourth-order valence-corrected chi connectivity index (χ4v) is 3.12. The first kappa shape index (κ1) is 13.9. The third kappa shape index (κ3) is 2.59. The molecule has 100 valence electrons. The van der Waals surface area contributed by atoms with Crippen LogP contribution in [0, 0.1) is 5.92 Å². The Morgan fingerprint density at radius 3 is 2.67 bits per heavy atom. The summed E-state index contributed by atoms with van der Waals surface area (Å²) in [5.74, 6) is 1.14. The number of nitrogens with two attached hydrogens (primary N) is 1. The van der Waals surface area contributed by atoms with Crippen molar-refractivity contribution < 1.29 is 4.74 Å². The second kappa shape index (κ2) is 5.66. The minimum absolute atomic E-state index is 0.287. The molecule has 1 aromatic rings. The quantitative estimate of drug-likeness (QED) is 0.929. The zero-order valence-corrected chi connectivity index (χ0v) is 12.1. The van der Waals surface area contributed by atoms with Gasteiger partial charge in [0.15, 0.2) is 0 Å². The Bertz CT molecular complexity index is 439. The maximum atomic E-state index is 6.32. The van der Waals surface area contributed by atoms with Crippen LogP contribution in [0.4, 0.5) is 0 Å². The Hall–Kier alpha value is -0.480. The first-order chi connectivity index (χ1) is 8.56. The van der Waals surface area contributed by atoms with Crippen molar-refractivity contribution in [3.05, 3.63) is 27.7 Å². The molecule has 2 atom stereocenters. The lowest BCUT2D eigenvalue weighted by Gasteiger charge is -2.21. The molecule has 0 aromatic heterocycles. The molecule has 2 unspecified atom stereocenters. The van der Waals surface area contributed by atoms with Crippen LogP contribution in [0.2, 0.25) is 10.0 Å². The Kier molecular flexibility index (Phi) is 4.38. The highest BCUT2D eigenvalue weighted by Gasteiger charge is 2.31. The second-order valence-electron chi connectivity index (χ2n) is 4.80. The SMILES string of the molecule is COc1cc(Cl)c(C2CC(CN)CN2C)cc1Cl. The van der Waals surface area contributed by atoms with E-state index in [1.54, 1.807) is 13.2 Å². The van der Waals surface area contributed by atoms with Crippen LogP contribution >= 0.6 is 23.2 Å². The van der Waals surface area contributed by atoms with Crippen LogP contribution in [0.1, 0.15) is 18.0 Å². The van der Waals surface area contributed by atoms with Crippen LogP contribution in [0.5, 0.6) is 5.75 Å². The third-order valence-electron chi connectivity index (χ3n) is 3.60. The highest BCUT2D eigenvalue weighted by Crippen LogP contribution is 2.40. The molecule has 3 nitrogen and oxygen atoms in total. The lowest BCUT2D eigenvalue weighted by Crippen LogP contribution is -2.20. The molecular weight excluding hydrogens is 271 g/mol. The molecule has 2 rings (SSSR count). The normalized spacial score (nSPS) is 24.5. The number of nitrogens with zero attached hydrogens (tertiary/aromatic N) is 1. The maximum absolute atomic E-state index is 6.32. The predicted octanol–water partition coefficient (Wildman–Crippen LogP) is 2.95. The van der Waals surface area contributed by atoms with Gasteiger partial charge in [0.1, 0.15) is 5.75 Å². The average molecular weight is 289 g/mol. The summed E-state index contributed by atoms with van der Waals surface area (Å²) < 4.78 is 5.16. The number of halogens is 2. The summed E-state index contributed by atoms with van der Waals surface area (Å²) in [6.45, 7) is 1.71. The Labute approximate surface area is 118 Å². The van der Waals surface area contributed by atoms with E-state index >= 15 is 0 Å². The monoisotopic (exact) mass is 288 g/mol. The van der Waals surface area contributed by atoms with Crippen molar-refractivity contribution in [2.24, 2.45) is 11.7 Å². The lowest BCUT2D eigenvalue weighted by atomic mass is 10.00. The van der Waals surface area contributed by atoms with E-state index < -0.39 is 0 Å². The van der Waals surface area contributed by atoms with Crippen LogP contribution < -0.4 is 10.5 Å². The Morgan fingerprint density at radius 2 is 2.11 bits per heavy atom. The van der Waals surface area contributed by atoms with E-state index in [-0.39, 0.29) is 6.04 Å². The molecule has 0 radical (unpaired) electrons. The van der Waals surface area contributed by atoms with E-state index in [1.807, 2.05) is 6.07 Å². The fourth-order valence-electron chi connectivity index (χ4n) is 2.60. The van der Waals surface area contributed by atoms with Crippen molar-refractivity contribution in [1.82, 2.24) is 4.90 Å². The minimum Gasteiger partial charge on any atom is -0.495 e. The topological polar surface area (TPSA) is 38.5 Å². The van der Waals surface area contributed by atoms with Gasteiger partial charge in [0, 0.05) is 23.7 Å². The van der Waals surface area contributed by atoms with Crippen LogP contribution in [-0.4, -0.2) is 32.1 Å². The molecule has 1 heterocycles. The minimum atomic E-state index is 0.287. The van der Waals surface area contributed by atoms with Gasteiger partial charge in [0.25, 0.3) is 0 Å². The molecule has 0 spiro atoms. The van der Waals surface area contributed by atoms with Crippen molar-refractivity contribution in [2.45, 2.75) is 12.5 Å². The zero-order valence-electron chi connectivity index (χ0n) is 10.6. The molecule has 0 aliphatic carbocycles. The van der Waals surface area contributed by atoms with Crippen molar-refractivity contribution in [3.63, 3.8) is 0 Å². The number of likely N-dealkylation sites (tertiary alicyclic amines) is 1. The van der Waals surface area contributed by atoms with Crippen LogP contribution in [0.15, 0.2) is 12.1 Å². The summed E-state index contributed by atoms with van der Waals surface area (Å²) in [4.78, 5) is 2.28. The number of rotatable bonds is 3. The average Bonchev–Trinajstić information content (AvgIpc) is 2.73. The van der Waals surface area contributed by atoms with Gasteiger partial charge in [0.2, 0.25) is 0 Å². The Morgan fingerprint density at radius 1 is 1.39 bits per heavy atom. The van der Waals surface area contributed by atoms with Crippen LogP contribution in [-0.2, 0) is 0 Å². The van der Waals surface area contributed by atoms with Crippen molar-refractivity contribution >= 4 is 23.2 Å². The molecule has 1 aliphatic rings. The second-order valence-corrected chi connectivity index (χ2v) is 5.62. The molecule has 5 heteroatoms. The standard InChI is InChI=1S/C13H18Cl2N2O/c1-17-7-8(6-16)3-12(17)9-4-11(15)13(18-2)5-10(9)14/h4-5,8,12H,3,6-7,16H2,1-2H3. The summed E-state index contributed by atoms with van der Waals surface area (Å²) in [6.07, 6.45) is 1.02. The van der Waals surface area contributed by atoms with Gasteiger partial charge in [-0.25, -0.2) is 0 Å². The molecule has 0 bridgehead atoms. The number of ether oxygens (including phenoxy) is 1. The fraction of sp³-hybridized carbons (Fsp3) is 0.538. The molecular formula is C13H18Cl2N2O. The first-order valence-corrected chi connectivity index (χ1v) is 6.75. The van der Waals surface area contributed by atoms with Gasteiger partial charge < -0.3 is 10.5 Å². The van der Waals surface area contributed by atoms with Gasteiger partial charge in [-0.1, -0.05) is 23.2 Å². The summed E-state index contributed by atoms with van der Waals surface area (Å²) >= 11 is 12.5. The van der Waals surface area contributed by atoms with Crippen molar-refractivity contribution in [2.75, 3.05) is 27.2 Å². The lowest BCUT2D eigenvalue weighted by molar-refractivity contribution is 0.313. The summed E-state index contributed by atoms with van der Waals surface area (Å²) in [6, 6.07) is 3.97. The molecule has 1 aliphatic heterocycles. The molecule has 18 heavy (non-hydrogen) atoms. The van der Waals surface area contributed by atoms with E-state index in [9.17, 15) is 0 Å².